The van der Waals surface area contributed by atoms with Crippen molar-refractivity contribution in [2.75, 3.05) is 13.2 Å². The van der Waals surface area contributed by atoms with Crippen LogP contribution in [0.3, 0.4) is 0 Å². The Morgan fingerprint density at radius 3 is 2.44 bits per heavy atom. The lowest BCUT2D eigenvalue weighted by Crippen LogP contribution is -2.62. The van der Waals surface area contributed by atoms with E-state index in [1.54, 1.807) is 0 Å². The average Bonchev–Trinajstić information content (AvgIpc) is 3.31. The number of nitrogens with two attached hydrogens (primary N) is 1. The molecular weight excluding hydrogens is 312 g/mol. The van der Waals surface area contributed by atoms with E-state index in [4.69, 9.17) is 15.2 Å². The standard InChI is InChI=1S/C21H26N2O2/c22-8-10-1-3-11(4-2-10)9-23-20-16-12-7-13-15-14(12)17(20)19(15)21(18(13)16)24-5-6-25-21/h1-4,12-20,23H,5-9,22H2. The van der Waals surface area contributed by atoms with Gasteiger partial charge in [0.2, 0.25) is 0 Å². The topological polar surface area (TPSA) is 56.5 Å². The highest BCUT2D eigenvalue weighted by molar-refractivity contribution is 5.35. The quantitative estimate of drug-likeness (QED) is 0.878. The molecule has 1 aromatic rings. The van der Waals surface area contributed by atoms with Crippen LogP contribution in [0.5, 0.6) is 0 Å². The molecule has 7 rings (SSSR count). The minimum atomic E-state index is -0.173. The third kappa shape index (κ3) is 1.41. The predicted molar refractivity (Wildman–Crippen MR) is 92.1 cm³/mol. The summed E-state index contributed by atoms with van der Waals surface area (Å²) in [5, 5.41) is 3.98. The number of benzene rings is 1. The highest BCUT2D eigenvalue weighted by Crippen LogP contribution is 2.86. The molecule has 0 aromatic heterocycles. The van der Waals surface area contributed by atoms with Crippen molar-refractivity contribution in [3.05, 3.63) is 35.4 Å². The molecule has 1 aromatic carbocycles. The Hall–Kier alpha value is -0.940. The Bertz CT molecular complexity index is 728. The first-order valence-electron chi connectivity index (χ1n) is 10.1. The highest BCUT2D eigenvalue weighted by atomic mass is 16.7. The summed E-state index contributed by atoms with van der Waals surface area (Å²) in [5.41, 5.74) is 8.30. The van der Waals surface area contributed by atoms with E-state index in [0.29, 0.717) is 24.4 Å². The van der Waals surface area contributed by atoms with Gasteiger partial charge in [-0.05, 0) is 53.1 Å². The average molecular weight is 338 g/mol. The van der Waals surface area contributed by atoms with E-state index in [-0.39, 0.29) is 5.79 Å². The van der Waals surface area contributed by atoms with Gasteiger partial charge >= 0.3 is 0 Å². The van der Waals surface area contributed by atoms with E-state index in [1.165, 1.54) is 17.5 Å². The predicted octanol–water partition coefficient (Wildman–Crippen LogP) is 1.73. The molecule has 3 N–H and O–H groups in total. The van der Waals surface area contributed by atoms with Gasteiger partial charge in [0.15, 0.2) is 5.79 Å². The fourth-order valence-electron chi connectivity index (χ4n) is 8.61. The van der Waals surface area contributed by atoms with E-state index in [2.05, 4.69) is 29.6 Å². The van der Waals surface area contributed by atoms with Gasteiger partial charge in [-0.1, -0.05) is 24.3 Å². The number of rotatable bonds is 4. The van der Waals surface area contributed by atoms with Crippen LogP contribution in [0.1, 0.15) is 17.5 Å². The molecule has 0 radical (unpaired) electrons. The molecule has 1 spiro atoms. The van der Waals surface area contributed by atoms with Crippen molar-refractivity contribution in [3.63, 3.8) is 0 Å². The number of fused-ring (bicyclic) bond motifs is 4. The van der Waals surface area contributed by atoms with Gasteiger partial charge in [0, 0.05) is 31.0 Å². The van der Waals surface area contributed by atoms with Gasteiger partial charge in [-0.3, -0.25) is 0 Å². The maximum Gasteiger partial charge on any atom is 0.175 e. The summed E-state index contributed by atoms with van der Waals surface area (Å²) in [7, 11) is 0. The van der Waals surface area contributed by atoms with E-state index >= 15 is 0 Å². The molecule has 1 heterocycles. The number of hydrogen-bond donors (Lipinski definition) is 2. The molecule has 4 heteroatoms. The van der Waals surface area contributed by atoms with Crippen LogP contribution in [0.25, 0.3) is 0 Å². The van der Waals surface area contributed by atoms with Gasteiger partial charge in [0.1, 0.15) is 0 Å². The van der Waals surface area contributed by atoms with Crippen molar-refractivity contribution in [2.45, 2.75) is 31.3 Å². The van der Waals surface area contributed by atoms with Crippen LogP contribution in [0.4, 0.5) is 0 Å². The molecule has 0 amide bonds. The second kappa shape index (κ2) is 4.48. The largest absolute Gasteiger partial charge is 0.347 e. The van der Waals surface area contributed by atoms with E-state index in [1.807, 2.05) is 0 Å². The van der Waals surface area contributed by atoms with Gasteiger partial charge in [-0.15, -0.1) is 0 Å². The Morgan fingerprint density at radius 1 is 0.920 bits per heavy atom. The summed E-state index contributed by atoms with van der Waals surface area (Å²) in [6.07, 6.45) is 1.45. The summed E-state index contributed by atoms with van der Waals surface area (Å²) in [6, 6.07) is 9.46. The second-order valence-electron chi connectivity index (χ2n) is 9.27. The summed E-state index contributed by atoms with van der Waals surface area (Å²) in [4.78, 5) is 0. The van der Waals surface area contributed by atoms with Gasteiger partial charge in [-0.2, -0.15) is 0 Å². The monoisotopic (exact) mass is 338 g/mol. The van der Waals surface area contributed by atoms with Gasteiger partial charge in [0.05, 0.1) is 13.2 Å². The molecule has 2 bridgehead atoms. The summed E-state index contributed by atoms with van der Waals surface area (Å²) < 4.78 is 12.7. The van der Waals surface area contributed by atoms with E-state index in [0.717, 1.165) is 55.3 Å². The number of hydrogen-bond acceptors (Lipinski definition) is 4. The number of nitrogens with one attached hydrogen (secondary N) is 1. The van der Waals surface area contributed by atoms with Crippen molar-refractivity contribution in [1.82, 2.24) is 5.32 Å². The molecule has 9 unspecified atom stereocenters. The molecule has 6 aliphatic rings. The molecule has 5 saturated carbocycles. The summed E-state index contributed by atoms with van der Waals surface area (Å²) >= 11 is 0. The van der Waals surface area contributed by atoms with Crippen LogP contribution in [-0.2, 0) is 22.6 Å². The Kier molecular flexibility index (Phi) is 2.54. The molecule has 132 valence electrons. The van der Waals surface area contributed by atoms with Crippen LogP contribution in [0.2, 0.25) is 0 Å². The minimum absolute atomic E-state index is 0.173. The first kappa shape index (κ1) is 14.2. The number of ether oxygens (including phenoxy) is 2. The van der Waals surface area contributed by atoms with Crippen molar-refractivity contribution >= 4 is 0 Å². The Morgan fingerprint density at radius 2 is 1.68 bits per heavy atom. The first-order chi connectivity index (χ1) is 12.3. The SMILES string of the molecule is NCc1ccc(CNC2C3C4CC5C6C4C2C6C2(OCCO2)C53)cc1. The van der Waals surface area contributed by atoms with E-state index < -0.39 is 0 Å². The van der Waals surface area contributed by atoms with Crippen molar-refractivity contribution < 1.29 is 9.47 Å². The van der Waals surface area contributed by atoms with Gasteiger partial charge in [-0.25, -0.2) is 0 Å². The normalized spacial score (nSPS) is 51.8. The van der Waals surface area contributed by atoms with Crippen LogP contribution >= 0.6 is 0 Å². The molecule has 5 aliphatic carbocycles. The third-order valence-electron chi connectivity index (χ3n) is 8.92. The Labute approximate surface area is 148 Å². The molecule has 9 atom stereocenters. The molecule has 1 saturated heterocycles. The summed E-state index contributed by atoms with van der Waals surface area (Å²) in [5.74, 6) is 6.50. The zero-order valence-corrected chi connectivity index (χ0v) is 14.4. The summed E-state index contributed by atoms with van der Waals surface area (Å²) in [6.45, 7) is 3.23. The van der Waals surface area contributed by atoms with Crippen molar-refractivity contribution in [3.8, 4) is 0 Å². The van der Waals surface area contributed by atoms with Gasteiger partial charge < -0.3 is 20.5 Å². The van der Waals surface area contributed by atoms with Crippen molar-refractivity contribution in [1.29, 1.82) is 0 Å². The zero-order chi connectivity index (χ0) is 16.3. The first-order valence-corrected chi connectivity index (χ1v) is 10.1. The molecule has 6 fully saturated rings. The molecule has 25 heavy (non-hydrogen) atoms. The van der Waals surface area contributed by atoms with Crippen LogP contribution < -0.4 is 11.1 Å². The third-order valence-corrected chi connectivity index (χ3v) is 8.92. The minimum Gasteiger partial charge on any atom is -0.347 e. The lowest BCUT2D eigenvalue weighted by Gasteiger charge is -2.54. The van der Waals surface area contributed by atoms with Crippen LogP contribution in [-0.4, -0.2) is 25.0 Å². The molecule has 4 nitrogen and oxygen atoms in total. The maximum absolute atomic E-state index is 6.34. The smallest absolute Gasteiger partial charge is 0.175 e. The maximum atomic E-state index is 6.34. The molecular formula is C21H26N2O2. The van der Waals surface area contributed by atoms with Crippen LogP contribution in [0, 0.1) is 47.3 Å². The second-order valence-corrected chi connectivity index (χ2v) is 9.27. The van der Waals surface area contributed by atoms with Crippen molar-refractivity contribution in [2.24, 2.45) is 53.1 Å². The van der Waals surface area contributed by atoms with Gasteiger partial charge in [0.25, 0.3) is 0 Å². The fourth-order valence-corrected chi connectivity index (χ4v) is 8.61. The van der Waals surface area contributed by atoms with Crippen LogP contribution in [0.15, 0.2) is 24.3 Å². The highest BCUT2D eigenvalue weighted by Gasteiger charge is 2.88. The molecule has 1 aliphatic heterocycles. The lowest BCUT2D eigenvalue weighted by atomic mass is 9.57. The van der Waals surface area contributed by atoms with E-state index in [9.17, 15) is 0 Å². The zero-order valence-electron chi connectivity index (χ0n) is 14.4. The Balaban J connectivity index is 1.17. The fraction of sp³-hybridized carbons (Fsp3) is 0.714. The lowest BCUT2D eigenvalue weighted by molar-refractivity contribution is -0.264.